The van der Waals surface area contributed by atoms with Gasteiger partial charge in [-0.15, -0.1) is 0 Å². The maximum Gasteiger partial charge on any atom is 0.343 e. The minimum absolute atomic E-state index is 0.0531. The van der Waals surface area contributed by atoms with E-state index in [4.69, 9.17) is 4.74 Å². The number of carbonyl (C=O) groups is 1. The van der Waals surface area contributed by atoms with Crippen LogP contribution in [0.25, 0.3) is 0 Å². The van der Waals surface area contributed by atoms with E-state index in [1.54, 1.807) is 0 Å². The Kier molecular flexibility index (Phi) is 5.12. The standard InChI is InChI=1S/C15H11F2NO6S/c1-9-8-11(4-7-13(9)18(20)21)24-14(19)10-2-5-12(6-3-10)25(22,23)15(16)17/h2-8,15H,1H3. The summed E-state index contributed by atoms with van der Waals surface area (Å²) in [6.07, 6.45) is 0. The van der Waals surface area contributed by atoms with Crippen molar-refractivity contribution in [2.45, 2.75) is 17.6 Å². The number of sulfone groups is 1. The third-order valence-corrected chi connectivity index (χ3v) is 4.63. The molecule has 0 aromatic heterocycles. The number of carbonyl (C=O) groups excluding carboxylic acids is 1. The number of nitrogens with zero attached hydrogens (tertiary/aromatic N) is 1. The Labute approximate surface area is 140 Å². The molecule has 0 spiro atoms. The lowest BCUT2D eigenvalue weighted by Gasteiger charge is -2.07. The number of alkyl halides is 2. The zero-order chi connectivity index (χ0) is 18.8. The Morgan fingerprint density at radius 2 is 1.76 bits per heavy atom. The van der Waals surface area contributed by atoms with E-state index < -0.39 is 31.4 Å². The molecule has 0 amide bonds. The van der Waals surface area contributed by atoms with Gasteiger partial charge < -0.3 is 4.74 Å². The number of nitro groups is 1. The molecular formula is C15H11F2NO6S. The molecule has 7 nitrogen and oxygen atoms in total. The van der Waals surface area contributed by atoms with Crippen molar-refractivity contribution in [3.8, 4) is 5.75 Å². The Morgan fingerprint density at radius 3 is 2.24 bits per heavy atom. The van der Waals surface area contributed by atoms with Crippen LogP contribution < -0.4 is 4.74 Å². The largest absolute Gasteiger partial charge is 0.423 e. The molecule has 0 radical (unpaired) electrons. The molecule has 0 saturated carbocycles. The highest BCUT2D eigenvalue weighted by molar-refractivity contribution is 7.91. The first-order valence-corrected chi connectivity index (χ1v) is 8.27. The molecule has 0 atom stereocenters. The molecule has 0 heterocycles. The van der Waals surface area contributed by atoms with Gasteiger partial charge in [-0.25, -0.2) is 13.2 Å². The number of benzene rings is 2. The third kappa shape index (κ3) is 3.97. The average molecular weight is 371 g/mol. The van der Waals surface area contributed by atoms with Crippen LogP contribution in [0.3, 0.4) is 0 Å². The van der Waals surface area contributed by atoms with Crippen LogP contribution in [0.15, 0.2) is 47.4 Å². The van der Waals surface area contributed by atoms with E-state index >= 15 is 0 Å². The number of rotatable bonds is 5. The Hall–Kier alpha value is -2.88. The molecule has 2 rings (SSSR count). The van der Waals surface area contributed by atoms with Crippen LogP contribution in [-0.2, 0) is 9.84 Å². The minimum atomic E-state index is -4.75. The van der Waals surface area contributed by atoms with E-state index in [-0.39, 0.29) is 22.6 Å². The van der Waals surface area contributed by atoms with Crippen molar-refractivity contribution >= 4 is 21.5 Å². The van der Waals surface area contributed by atoms with E-state index in [9.17, 15) is 32.1 Å². The SMILES string of the molecule is Cc1cc(OC(=O)c2ccc(S(=O)(=O)C(F)F)cc2)ccc1[N+](=O)[O-]. The van der Waals surface area contributed by atoms with Crippen LogP contribution in [0, 0.1) is 17.0 Å². The summed E-state index contributed by atoms with van der Waals surface area (Å²) in [5, 5.41) is 10.7. The highest BCUT2D eigenvalue weighted by Gasteiger charge is 2.26. The predicted molar refractivity (Wildman–Crippen MR) is 82.4 cm³/mol. The topological polar surface area (TPSA) is 104 Å². The maximum absolute atomic E-state index is 12.4. The molecule has 0 unspecified atom stereocenters. The van der Waals surface area contributed by atoms with Crippen molar-refractivity contribution in [2.24, 2.45) is 0 Å². The van der Waals surface area contributed by atoms with Gasteiger partial charge in [0.1, 0.15) is 5.75 Å². The van der Waals surface area contributed by atoms with Gasteiger partial charge >= 0.3 is 11.7 Å². The van der Waals surface area contributed by atoms with Crippen LogP contribution in [0.2, 0.25) is 0 Å². The number of hydrogen-bond acceptors (Lipinski definition) is 6. The van der Waals surface area contributed by atoms with Crippen molar-refractivity contribution in [3.05, 3.63) is 63.7 Å². The highest BCUT2D eigenvalue weighted by atomic mass is 32.2. The van der Waals surface area contributed by atoms with Crippen molar-refractivity contribution in [1.29, 1.82) is 0 Å². The van der Waals surface area contributed by atoms with Gasteiger partial charge in [-0.2, -0.15) is 8.78 Å². The van der Waals surface area contributed by atoms with Crippen LogP contribution in [0.5, 0.6) is 5.75 Å². The van der Waals surface area contributed by atoms with Crippen LogP contribution in [-0.4, -0.2) is 25.1 Å². The van der Waals surface area contributed by atoms with Crippen molar-refractivity contribution in [3.63, 3.8) is 0 Å². The van der Waals surface area contributed by atoms with Gasteiger partial charge in [0.05, 0.1) is 15.4 Å². The van der Waals surface area contributed by atoms with Crippen molar-refractivity contribution < 1.29 is 31.7 Å². The maximum atomic E-state index is 12.4. The molecule has 0 fully saturated rings. The lowest BCUT2D eigenvalue weighted by Crippen LogP contribution is -2.12. The van der Waals surface area contributed by atoms with Crippen LogP contribution in [0.1, 0.15) is 15.9 Å². The summed E-state index contributed by atoms with van der Waals surface area (Å²) in [6, 6.07) is 7.53. The zero-order valence-electron chi connectivity index (χ0n) is 12.7. The van der Waals surface area contributed by atoms with E-state index in [0.29, 0.717) is 0 Å². The lowest BCUT2D eigenvalue weighted by molar-refractivity contribution is -0.385. The summed E-state index contributed by atoms with van der Waals surface area (Å²) in [4.78, 5) is 21.5. The summed E-state index contributed by atoms with van der Waals surface area (Å²) in [5.74, 6) is -4.37. The van der Waals surface area contributed by atoms with E-state index in [2.05, 4.69) is 0 Å². The zero-order valence-corrected chi connectivity index (χ0v) is 13.5. The number of halogens is 2. The first kappa shape index (κ1) is 18.5. The second-order valence-electron chi connectivity index (χ2n) is 4.92. The lowest BCUT2D eigenvalue weighted by atomic mass is 10.2. The van der Waals surface area contributed by atoms with Gasteiger partial charge in [-0.3, -0.25) is 10.1 Å². The monoisotopic (exact) mass is 371 g/mol. The molecule has 0 aliphatic heterocycles. The van der Waals surface area contributed by atoms with E-state index in [1.807, 2.05) is 0 Å². The van der Waals surface area contributed by atoms with Crippen molar-refractivity contribution in [1.82, 2.24) is 0 Å². The summed E-state index contributed by atoms with van der Waals surface area (Å²) < 4.78 is 52.5. The van der Waals surface area contributed by atoms with Crippen LogP contribution >= 0.6 is 0 Å². The molecule has 2 aromatic rings. The quantitative estimate of drug-likeness (QED) is 0.346. The Morgan fingerprint density at radius 1 is 1.16 bits per heavy atom. The van der Waals surface area contributed by atoms with Gasteiger partial charge in [0.2, 0.25) is 9.84 Å². The molecule has 10 heteroatoms. The molecule has 0 bridgehead atoms. The normalized spacial score (nSPS) is 11.4. The minimum Gasteiger partial charge on any atom is -0.423 e. The van der Waals surface area contributed by atoms with Gasteiger partial charge in [-0.05, 0) is 43.3 Å². The number of aryl methyl sites for hydroxylation is 1. The van der Waals surface area contributed by atoms with E-state index in [0.717, 1.165) is 24.3 Å². The second-order valence-corrected chi connectivity index (χ2v) is 6.84. The average Bonchev–Trinajstić information content (AvgIpc) is 2.54. The number of esters is 1. The summed E-state index contributed by atoms with van der Waals surface area (Å²) in [6.45, 7) is 1.47. The first-order valence-electron chi connectivity index (χ1n) is 6.72. The smallest absolute Gasteiger partial charge is 0.343 e. The number of nitro benzene ring substituents is 1. The molecule has 132 valence electrons. The molecule has 25 heavy (non-hydrogen) atoms. The summed E-state index contributed by atoms with van der Waals surface area (Å²) >= 11 is 0. The fourth-order valence-corrected chi connectivity index (χ4v) is 2.67. The van der Waals surface area contributed by atoms with Crippen LogP contribution in [0.4, 0.5) is 14.5 Å². The fourth-order valence-electron chi connectivity index (χ4n) is 1.95. The molecule has 0 aliphatic rings. The fraction of sp³-hybridized carbons (Fsp3) is 0.133. The molecule has 0 saturated heterocycles. The highest BCUT2D eigenvalue weighted by Crippen LogP contribution is 2.24. The summed E-state index contributed by atoms with van der Waals surface area (Å²) in [7, 11) is -4.75. The van der Waals surface area contributed by atoms with Gasteiger partial charge in [-0.1, -0.05) is 0 Å². The van der Waals surface area contributed by atoms with E-state index in [1.165, 1.54) is 25.1 Å². The molecule has 0 N–H and O–H groups in total. The number of hydrogen-bond donors (Lipinski definition) is 0. The van der Waals surface area contributed by atoms with Gasteiger partial charge in [0, 0.05) is 11.6 Å². The van der Waals surface area contributed by atoms with Gasteiger partial charge in [0.15, 0.2) is 0 Å². The Bertz CT molecular complexity index is 926. The number of ether oxygens (including phenoxy) is 1. The molecule has 2 aromatic carbocycles. The second kappa shape index (κ2) is 6.93. The third-order valence-electron chi connectivity index (χ3n) is 3.23. The predicted octanol–water partition coefficient (Wildman–Crippen LogP) is 3.12. The van der Waals surface area contributed by atoms with Crippen molar-refractivity contribution in [2.75, 3.05) is 0 Å². The first-order chi connectivity index (χ1) is 11.6. The molecule has 0 aliphatic carbocycles. The summed E-state index contributed by atoms with van der Waals surface area (Å²) in [5.41, 5.74) is 0.0826. The van der Waals surface area contributed by atoms with Gasteiger partial charge in [0.25, 0.3) is 5.69 Å². The Balaban J connectivity index is 2.19. The molecular weight excluding hydrogens is 360 g/mol.